The fourth-order valence-corrected chi connectivity index (χ4v) is 2.45. The van der Waals surface area contributed by atoms with Crippen LogP contribution >= 0.6 is 11.6 Å². The Kier molecular flexibility index (Phi) is 5.97. The lowest BCUT2D eigenvalue weighted by molar-refractivity contribution is 0.503. The van der Waals surface area contributed by atoms with Gasteiger partial charge in [-0.15, -0.1) is 0 Å². The average Bonchev–Trinajstić information content (AvgIpc) is 2.30. The topological polar surface area (TPSA) is 15.3 Å². The maximum absolute atomic E-state index is 6.12. The normalized spacial score (nSPS) is 12.8. The van der Waals surface area contributed by atoms with E-state index in [1.165, 1.54) is 17.7 Å². The first-order valence-electron chi connectivity index (χ1n) is 6.61. The number of rotatable bonds is 6. The van der Waals surface area contributed by atoms with Gasteiger partial charge in [0.05, 0.1) is 0 Å². The van der Waals surface area contributed by atoms with E-state index in [1.54, 1.807) is 0 Å². The summed E-state index contributed by atoms with van der Waals surface area (Å²) in [5, 5.41) is 4.01. The molecule has 0 heterocycles. The monoisotopic (exact) mass is 268 g/mol. The minimum absolute atomic E-state index is 0.513. The maximum atomic E-state index is 6.12. The molecule has 1 rings (SSSR count). The van der Waals surface area contributed by atoms with Gasteiger partial charge in [-0.05, 0) is 44.0 Å². The Balaban J connectivity index is 2.95. The second-order valence-corrected chi connectivity index (χ2v) is 5.83. The Morgan fingerprint density at radius 2 is 1.94 bits per heavy atom. The van der Waals surface area contributed by atoms with Gasteiger partial charge in [0.1, 0.15) is 0 Å². The van der Waals surface area contributed by atoms with E-state index in [0.29, 0.717) is 12.0 Å². The van der Waals surface area contributed by atoms with Gasteiger partial charge in [0, 0.05) is 30.3 Å². The Hall–Kier alpha value is -0.730. The minimum atomic E-state index is 0.513. The van der Waals surface area contributed by atoms with Crippen LogP contribution in [0.1, 0.15) is 32.8 Å². The van der Waals surface area contributed by atoms with Crippen molar-refractivity contribution in [2.45, 2.75) is 39.8 Å². The van der Waals surface area contributed by atoms with E-state index >= 15 is 0 Å². The fraction of sp³-hybridized carbons (Fsp3) is 0.600. The molecule has 0 aliphatic carbocycles. The highest BCUT2D eigenvalue weighted by molar-refractivity contribution is 6.30. The van der Waals surface area contributed by atoms with Crippen LogP contribution in [0.15, 0.2) is 18.2 Å². The lowest BCUT2D eigenvalue weighted by Gasteiger charge is -2.30. The standard InChI is InChI=1S/C15H25ClN2/c1-11(2)8-12(3)18(5)15-9-14(16)7-6-13(15)10-17-4/h6-7,9,11-12,17H,8,10H2,1-5H3. The van der Waals surface area contributed by atoms with E-state index in [9.17, 15) is 0 Å². The van der Waals surface area contributed by atoms with E-state index in [-0.39, 0.29) is 0 Å². The largest absolute Gasteiger partial charge is 0.372 e. The van der Waals surface area contributed by atoms with Gasteiger partial charge in [0.2, 0.25) is 0 Å². The maximum Gasteiger partial charge on any atom is 0.0426 e. The highest BCUT2D eigenvalue weighted by Crippen LogP contribution is 2.27. The number of anilines is 1. The Labute approximate surface area is 116 Å². The van der Waals surface area contributed by atoms with E-state index in [4.69, 9.17) is 11.6 Å². The predicted octanol–water partition coefficient (Wildman–Crippen LogP) is 3.93. The summed E-state index contributed by atoms with van der Waals surface area (Å²) in [4.78, 5) is 2.33. The zero-order chi connectivity index (χ0) is 13.7. The molecular formula is C15H25ClN2. The van der Waals surface area contributed by atoms with Crippen LogP contribution in [-0.2, 0) is 6.54 Å². The molecule has 0 aromatic heterocycles. The molecule has 1 unspecified atom stereocenters. The molecule has 0 amide bonds. The van der Waals surface area contributed by atoms with Crippen LogP contribution in [0.3, 0.4) is 0 Å². The number of nitrogens with zero attached hydrogens (tertiary/aromatic N) is 1. The molecule has 3 heteroatoms. The van der Waals surface area contributed by atoms with Crippen molar-refractivity contribution in [1.82, 2.24) is 5.32 Å². The van der Waals surface area contributed by atoms with Crippen LogP contribution in [0.4, 0.5) is 5.69 Å². The third-order valence-electron chi connectivity index (χ3n) is 3.27. The quantitative estimate of drug-likeness (QED) is 0.841. The van der Waals surface area contributed by atoms with Crippen molar-refractivity contribution in [3.63, 3.8) is 0 Å². The summed E-state index contributed by atoms with van der Waals surface area (Å²) in [6, 6.07) is 6.63. The highest BCUT2D eigenvalue weighted by atomic mass is 35.5. The van der Waals surface area contributed by atoms with Crippen LogP contribution in [0.5, 0.6) is 0 Å². The van der Waals surface area contributed by atoms with Crippen LogP contribution in [-0.4, -0.2) is 20.1 Å². The number of nitrogens with one attached hydrogen (secondary N) is 1. The lowest BCUT2D eigenvalue weighted by Crippen LogP contribution is -2.31. The summed E-state index contributed by atoms with van der Waals surface area (Å²) in [7, 11) is 4.12. The molecule has 0 radical (unpaired) electrons. The predicted molar refractivity (Wildman–Crippen MR) is 81.5 cm³/mol. The van der Waals surface area contributed by atoms with E-state index in [2.05, 4.69) is 50.2 Å². The molecule has 1 N–H and O–H groups in total. The van der Waals surface area contributed by atoms with E-state index in [0.717, 1.165) is 11.6 Å². The second-order valence-electron chi connectivity index (χ2n) is 5.39. The molecule has 1 aromatic carbocycles. The molecule has 18 heavy (non-hydrogen) atoms. The summed E-state index contributed by atoms with van der Waals surface area (Å²) in [6.07, 6.45) is 1.18. The summed E-state index contributed by atoms with van der Waals surface area (Å²) in [5.41, 5.74) is 2.52. The van der Waals surface area contributed by atoms with Crippen molar-refractivity contribution in [3.8, 4) is 0 Å². The SMILES string of the molecule is CNCc1ccc(Cl)cc1N(C)C(C)CC(C)C. The highest BCUT2D eigenvalue weighted by Gasteiger charge is 2.15. The first-order valence-corrected chi connectivity index (χ1v) is 6.99. The summed E-state index contributed by atoms with van der Waals surface area (Å²) in [5.74, 6) is 0.703. The molecule has 0 saturated carbocycles. The van der Waals surface area contributed by atoms with Gasteiger partial charge in [-0.3, -0.25) is 0 Å². The molecule has 0 aliphatic rings. The molecule has 0 aliphatic heterocycles. The molecule has 0 saturated heterocycles. The average molecular weight is 269 g/mol. The Morgan fingerprint density at radius 3 is 2.50 bits per heavy atom. The van der Waals surface area contributed by atoms with Crippen molar-refractivity contribution in [1.29, 1.82) is 0 Å². The minimum Gasteiger partial charge on any atom is -0.372 e. The van der Waals surface area contributed by atoms with Crippen LogP contribution in [0.2, 0.25) is 5.02 Å². The van der Waals surface area contributed by atoms with Crippen LogP contribution < -0.4 is 10.2 Å². The van der Waals surface area contributed by atoms with Crippen molar-refractivity contribution in [2.75, 3.05) is 19.0 Å². The van der Waals surface area contributed by atoms with Gasteiger partial charge in [-0.1, -0.05) is 31.5 Å². The first kappa shape index (κ1) is 15.3. The summed E-state index contributed by atoms with van der Waals surface area (Å²) in [6.45, 7) is 7.66. The number of halogens is 1. The van der Waals surface area contributed by atoms with Crippen molar-refractivity contribution >= 4 is 17.3 Å². The van der Waals surface area contributed by atoms with Gasteiger partial charge in [0.15, 0.2) is 0 Å². The molecular weight excluding hydrogens is 244 g/mol. The van der Waals surface area contributed by atoms with Gasteiger partial charge in [0.25, 0.3) is 0 Å². The van der Waals surface area contributed by atoms with E-state index in [1.807, 2.05) is 13.1 Å². The van der Waals surface area contributed by atoms with Gasteiger partial charge in [-0.25, -0.2) is 0 Å². The number of hydrogen-bond donors (Lipinski definition) is 1. The van der Waals surface area contributed by atoms with Crippen LogP contribution in [0, 0.1) is 5.92 Å². The van der Waals surface area contributed by atoms with Crippen molar-refractivity contribution in [3.05, 3.63) is 28.8 Å². The third-order valence-corrected chi connectivity index (χ3v) is 3.50. The zero-order valence-corrected chi connectivity index (χ0v) is 12.9. The van der Waals surface area contributed by atoms with Crippen molar-refractivity contribution in [2.24, 2.45) is 5.92 Å². The summed E-state index contributed by atoms with van der Waals surface area (Å²) >= 11 is 6.12. The zero-order valence-electron chi connectivity index (χ0n) is 12.1. The van der Waals surface area contributed by atoms with Gasteiger partial charge < -0.3 is 10.2 Å². The number of hydrogen-bond acceptors (Lipinski definition) is 2. The van der Waals surface area contributed by atoms with Gasteiger partial charge in [-0.2, -0.15) is 0 Å². The molecule has 0 fully saturated rings. The van der Waals surface area contributed by atoms with Crippen LogP contribution in [0.25, 0.3) is 0 Å². The Bertz CT molecular complexity index is 377. The van der Waals surface area contributed by atoms with Crippen molar-refractivity contribution < 1.29 is 0 Å². The summed E-state index contributed by atoms with van der Waals surface area (Å²) < 4.78 is 0. The third kappa shape index (κ3) is 4.18. The molecule has 2 nitrogen and oxygen atoms in total. The molecule has 0 bridgehead atoms. The molecule has 0 spiro atoms. The fourth-order valence-electron chi connectivity index (χ4n) is 2.28. The molecule has 1 aromatic rings. The molecule has 102 valence electrons. The Morgan fingerprint density at radius 1 is 1.28 bits per heavy atom. The smallest absolute Gasteiger partial charge is 0.0426 e. The number of benzene rings is 1. The molecule has 1 atom stereocenters. The van der Waals surface area contributed by atoms with E-state index < -0.39 is 0 Å². The van der Waals surface area contributed by atoms with Gasteiger partial charge >= 0.3 is 0 Å². The lowest BCUT2D eigenvalue weighted by atomic mass is 10.0. The first-order chi connectivity index (χ1) is 8.45. The second kappa shape index (κ2) is 7.01.